The van der Waals surface area contributed by atoms with Crippen LogP contribution in [0.2, 0.25) is 40.2 Å². The Kier molecular flexibility index (Phi) is 23.1. The van der Waals surface area contributed by atoms with Gasteiger partial charge in [-0.15, -0.1) is 0 Å². The summed E-state index contributed by atoms with van der Waals surface area (Å²) in [5.74, 6) is -3.50. The number of nitro groups is 4. The Balaban J connectivity index is 0.000000205. The predicted octanol–water partition coefficient (Wildman–Crippen LogP) is 15.4. The average molecular weight is 1310 g/mol. The molecule has 32 heteroatoms. The molecule has 24 nitrogen and oxygen atoms in total. The summed E-state index contributed by atoms with van der Waals surface area (Å²) >= 11 is 46.5. The SMILES string of the molecule is O=C(Nc1ccc([N+](=O)[O-])cc1Cl)c1cc(Cl)ccc1O.O=C(Nc1ccc([N+](=O)[O-])cc1Cl)c1cc(Cl)ccc1O.O=C(Nc1ccc([N+](=O)[O-])cc1Cl)c1cc(Cl)ccc1O.O=C(Nc1ccc([N+](=O)[O-])cc1Cl)c1cc(Cl)ccc1O. The van der Waals surface area contributed by atoms with Gasteiger partial charge in [-0.2, -0.15) is 0 Å². The summed E-state index contributed by atoms with van der Waals surface area (Å²) in [7, 11) is 0. The molecular formula is C52H32Cl8N8O16. The molecule has 4 amide bonds. The monoisotopic (exact) mass is 1300 g/mol. The Bertz CT molecular complexity index is 3440. The maximum Gasteiger partial charge on any atom is 0.271 e. The summed E-state index contributed by atoms with van der Waals surface area (Å²) in [5, 5.41) is 91.9. The Morgan fingerprint density at radius 3 is 0.631 bits per heavy atom. The molecule has 0 aliphatic carbocycles. The van der Waals surface area contributed by atoms with Crippen molar-refractivity contribution in [1.29, 1.82) is 0 Å². The number of phenolic OH excluding ortho intramolecular Hbond substituents is 4. The number of carbonyl (C=O) groups excluding carboxylic acids is 4. The van der Waals surface area contributed by atoms with Crippen LogP contribution in [-0.4, -0.2) is 63.7 Å². The van der Waals surface area contributed by atoms with E-state index in [4.69, 9.17) is 92.8 Å². The number of hydrogen-bond acceptors (Lipinski definition) is 16. The fourth-order valence-corrected chi connectivity index (χ4v) is 7.97. The number of nitrogens with zero attached hydrogens (tertiary/aromatic N) is 4. The molecule has 8 rings (SSSR count). The van der Waals surface area contributed by atoms with Crippen molar-refractivity contribution in [3.63, 3.8) is 0 Å². The van der Waals surface area contributed by atoms with Crippen LogP contribution in [0, 0.1) is 40.5 Å². The molecule has 0 aliphatic heterocycles. The number of carbonyl (C=O) groups is 4. The molecule has 8 aromatic carbocycles. The maximum absolute atomic E-state index is 12.0. The van der Waals surface area contributed by atoms with Crippen molar-refractivity contribution < 1.29 is 59.3 Å². The van der Waals surface area contributed by atoms with Gasteiger partial charge in [0.25, 0.3) is 46.4 Å². The van der Waals surface area contributed by atoms with Crippen LogP contribution < -0.4 is 21.3 Å². The van der Waals surface area contributed by atoms with Gasteiger partial charge in [-0.3, -0.25) is 59.6 Å². The topological polar surface area (TPSA) is 370 Å². The molecule has 0 radical (unpaired) electrons. The predicted molar refractivity (Wildman–Crippen MR) is 317 cm³/mol. The number of aromatic hydroxyl groups is 4. The van der Waals surface area contributed by atoms with Gasteiger partial charge in [-0.05, 0) is 97.1 Å². The van der Waals surface area contributed by atoms with Crippen LogP contribution in [0.4, 0.5) is 45.5 Å². The number of benzene rings is 8. The van der Waals surface area contributed by atoms with Crippen LogP contribution in [0.1, 0.15) is 41.4 Å². The van der Waals surface area contributed by atoms with E-state index >= 15 is 0 Å². The molecular weight excluding hydrogens is 1280 g/mol. The fraction of sp³-hybridized carbons (Fsp3) is 0. The van der Waals surface area contributed by atoms with Crippen molar-refractivity contribution >= 4 is 162 Å². The van der Waals surface area contributed by atoms with Crippen LogP contribution in [0.15, 0.2) is 146 Å². The third-order valence-corrected chi connectivity index (χ3v) is 12.7. The Hall–Kier alpha value is -9.24. The number of nitro benzene ring substituents is 4. The van der Waals surface area contributed by atoms with E-state index in [2.05, 4.69) is 21.3 Å². The summed E-state index contributed by atoms with van der Waals surface area (Å²) in [4.78, 5) is 88.2. The van der Waals surface area contributed by atoms with Crippen LogP contribution in [-0.2, 0) is 0 Å². The normalized spacial score (nSPS) is 10.2. The molecule has 0 atom stereocenters. The summed E-state index contributed by atoms with van der Waals surface area (Å²) in [6.45, 7) is 0. The molecule has 0 aromatic heterocycles. The molecule has 0 spiro atoms. The third-order valence-electron chi connectivity index (χ3n) is 10.5. The molecule has 0 aliphatic rings. The van der Waals surface area contributed by atoms with Crippen LogP contribution in [0.3, 0.4) is 0 Å². The first-order valence-electron chi connectivity index (χ1n) is 22.5. The van der Waals surface area contributed by atoms with Gasteiger partial charge in [0.2, 0.25) is 0 Å². The molecule has 432 valence electrons. The molecule has 8 N–H and O–H groups in total. The highest BCUT2D eigenvalue weighted by atomic mass is 35.5. The molecule has 84 heavy (non-hydrogen) atoms. The number of rotatable bonds is 12. The van der Waals surface area contributed by atoms with Crippen molar-refractivity contribution in [3.05, 3.63) is 248 Å². The van der Waals surface area contributed by atoms with Gasteiger partial charge in [0.05, 0.1) is 84.8 Å². The molecule has 0 fully saturated rings. The summed E-state index contributed by atoms with van der Waals surface area (Å²) in [6, 6.07) is 30.6. The van der Waals surface area contributed by atoms with Crippen molar-refractivity contribution in [2.24, 2.45) is 0 Å². The maximum atomic E-state index is 12.0. The van der Waals surface area contributed by atoms with Gasteiger partial charge in [-0.1, -0.05) is 92.8 Å². The number of non-ortho nitro benzene ring substituents is 4. The minimum absolute atomic E-state index is 0.0130. The minimum Gasteiger partial charge on any atom is -0.507 e. The van der Waals surface area contributed by atoms with Crippen molar-refractivity contribution in [1.82, 2.24) is 0 Å². The molecule has 0 heterocycles. The van der Waals surface area contributed by atoms with Crippen molar-refractivity contribution in [3.8, 4) is 23.0 Å². The molecule has 0 unspecified atom stereocenters. The number of phenols is 4. The van der Waals surface area contributed by atoms with Crippen molar-refractivity contribution in [2.75, 3.05) is 21.3 Å². The van der Waals surface area contributed by atoms with E-state index < -0.39 is 43.3 Å². The first-order chi connectivity index (χ1) is 39.5. The van der Waals surface area contributed by atoms with E-state index in [-0.39, 0.29) is 131 Å². The lowest BCUT2D eigenvalue weighted by atomic mass is 10.2. The van der Waals surface area contributed by atoms with E-state index in [0.29, 0.717) is 0 Å². The second-order valence-corrected chi connectivity index (χ2v) is 19.5. The molecule has 0 bridgehead atoms. The highest BCUT2D eigenvalue weighted by Gasteiger charge is 2.20. The van der Waals surface area contributed by atoms with Crippen molar-refractivity contribution in [2.45, 2.75) is 0 Å². The lowest BCUT2D eigenvalue weighted by molar-refractivity contribution is -0.385. The number of anilines is 4. The second kappa shape index (κ2) is 29.7. The Labute approximate surface area is 510 Å². The van der Waals surface area contributed by atoms with Gasteiger partial charge < -0.3 is 41.7 Å². The van der Waals surface area contributed by atoms with E-state index in [1.165, 1.54) is 121 Å². The van der Waals surface area contributed by atoms with E-state index in [9.17, 15) is 80.1 Å². The lowest BCUT2D eigenvalue weighted by Crippen LogP contribution is -2.12. The zero-order valence-corrected chi connectivity index (χ0v) is 47.4. The smallest absolute Gasteiger partial charge is 0.271 e. The van der Waals surface area contributed by atoms with Gasteiger partial charge in [0, 0.05) is 68.6 Å². The summed E-state index contributed by atoms with van der Waals surface area (Å²) < 4.78 is 0. The van der Waals surface area contributed by atoms with E-state index in [1.807, 2.05) is 0 Å². The van der Waals surface area contributed by atoms with Crippen LogP contribution >= 0.6 is 92.8 Å². The molecule has 0 saturated heterocycles. The zero-order chi connectivity index (χ0) is 62.3. The average Bonchev–Trinajstić information content (AvgIpc) is 3.53. The first-order valence-corrected chi connectivity index (χ1v) is 25.5. The highest BCUT2D eigenvalue weighted by molar-refractivity contribution is 6.36. The quantitative estimate of drug-likeness (QED) is 0.0416. The Morgan fingerprint density at radius 2 is 0.476 bits per heavy atom. The van der Waals surface area contributed by atoms with Gasteiger partial charge >= 0.3 is 0 Å². The minimum atomic E-state index is -0.634. The van der Waals surface area contributed by atoms with Crippen LogP contribution in [0.25, 0.3) is 0 Å². The zero-order valence-electron chi connectivity index (χ0n) is 41.4. The molecule has 8 aromatic rings. The third kappa shape index (κ3) is 18.4. The van der Waals surface area contributed by atoms with Crippen LogP contribution in [0.5, 0.6) is 23.0 Å². The summed E-state index contributed by atoms with van der Waals surface area (Å²) in [6.07, 6.45) is 0. The number of amides is 4. The first kappa shape index (κ1) is 65.6. The van der Waals surface area contributed by atoms with E-state index in [1.54, 1.807) is 0 Å². The number of hydrogen-bond donors (Lipinski definition) is 8. The standard InChI is InChI=1S/4C13H8Cl2N2O4/c4*14-7-1-4-12(18)9(5-7)13(19)16-11-3-2-8(17(20)21)6-10(11)15/h4*1-6,18H,(H,16,19). The Morgan fingerprint density at radius 1 is 0.298 bits per heavy atom. The fourth-order valence-electron chi connectivity index (χ4n) is 6.39. The highest BCUT2D eigenvalue weighted by Crippen LogP contribution is 2.33. The largest absolute Gasteiger partial charge is 0.507 e. The summed E-state index contributed by atoms with van der Waals surface area (Å²) in [5.41, 5.74) is -0.140. The van der Waals surface area contributed by atoms with Gasteiger partial charge in [0.15, 0.2) is 0 Å². The van der Waals surface area contributed by atoms with E-state index in [0.717, 1.165) is 24.3 Å². The second-order valence-electron chi connectivity index (χ2n) is 16.1. The lowest BCUT2D eigenvalue weighted by Gasteiger charge is -2.08. The number of nitrogens with one attached hydrogen (secondary N) is 4. The van der Waals surface area contributed by atoms with Gasteiger partial charge in [0.1, 0.15) is 23.0 Å². The number of halogens is 8. The molecule has 0 saturated carbocycles. The van der Waals surface area contributed by atoms with Gasteiger partial charge in [-0.25, -0.2) is 0 Å².